The van der Waals surface area contributed by atoms with Crippen LogP contribution in [0.5, 0.6) is 5.75 Å². The van der Waals surface area contributed by atoms with Crippen molar-refractivity contribution in [2.45, 2.75) is 0 Å². The Labute approximate surface area is 151 Å². The molecule has 0 spiro atoms. The summed E-state index contributed by atoms with van der Waals surface area (Å²) in [6.45, 7) is 0. The summed E-state index contributed by atoms with van der Waals surface area (Å²) >= 11 is 12.0. The van der Waals surface area contributed by atoms with E-state index in [1.807, 2.05) is 60.7 Å². The highest BCUT2D eigenvalue weighted by Crippen LogP contribution is 2.45. The summed E-state index contributed by atoms with van der Waals surface area (Å²) < 4.78 is 4.75. The number of rotatable bonds is 4. The van der Waals surface area contributed by atoms with Crippen LogP contribution in [0.4, 0.5) is 0 Å². The Morgan fingerprint density at radius 2 is 1.42 bits per heavy atom. The summed E-state index contributed by atoms with van der Waals surface area (Å²) in [5.41, 5.74) is 0.559. The van der Waals surface area contributed by atoms with Gasteiger partial charge < -0.3 is 5.11 Å². The highest BCUT2D eigenvalue weighted by atomic mass is 35.5. The van der Waals surface area contributed by atoms with Crippen LogP contribution in [0, 0.1) is 0 Å². The van der Waals surface area contributed by atoms with E-state index in [1.54, 1.807) is 24.4 Å². The monoisotopic (exact) mass is 371 g/mol. The van der Waals surface area contributed by atoms with Crippen LogP contribution in [0.1, 0.15) is 5.56 Å². The third-order valence-corrected chi connectivity index (χ3v) is 7.78. The molecule has 2 nitrogen and oxygen atoms in total. The Bertz CT molecular complexity index is 870. The topological polar surface area (TPSA) is 32.6 Å². The number of hydrogen-bond acceptors (Lipinski definition) is 2. The van der Waals surface area contributed by atoms with Gasteiger partial charge >= 0.3 is 0 Å². The molecule has 0 amide bonds. The average Bonchev–Trinajstić information content (AvgIpc) is 2.63. The molecular weight excluding hydrogens is 357 g/mol. The van der Waals surface area contributed by atoms with E-state index in [9.17, 15) is 5.11 Å². The molecule has 3 aromatic rings. The zero-order chi connectivity index (χ0) is 17.0. The Hall–Kier alpha value is -1.93. The molecule has 0 heterocycles. The molecule has 0 radical (unpaired) electrons. The second kappa shape index (κ2) is 7.31. The van der Waals surface area contributed by atoms with E-state index in [0.717, 1.165) is 10.6 Å². The second-order valence-electron chi connectivity index (χ2n) is 5.19. The van der Waals surface area contributed by atoms with Gasteiger partial charge in [-0.25, -0.2) is 0 Å². The molecule has 0 unspecified atom stereocenters. The highest BCUT2D eigenvalue weighted by Gasteiger charge is 2.20. The van der Waals surface area contributed by atoms with Crippen molar-refractivity contribution in [3.63, 3.8) is 0 Å². The number of halogens is 1. The third kappa shape index (κ3) is 3.59. The summed E-state index contributed by atoms with van der Waals surface area (Å²) in [6, 6.07) is 24.7. The van der Waals surface area contributed by atoms with E-state index in [0.29, 0.717) is 10.6 Å². The predicted octanol–water partition coefficient (Wildman–Crippen LogP) is 4.51. The van der Waals surface area contributed by atoms with Gasteiger partial charge in [0.25, 0.3) is 0 Å². The predicted molar refractivity (Wildman–Crippen MR) is 107 cm³/mol. The first-order valence-corrected chi connectivity index (χ1v) is 10.5. The minimum absolute atomic E-state index is 0.130. The summed E-state index contributed by atoms with van der Waals surface area (Å²) in [4.78, 5) is 0. The van der Waals surface area contributed by atoms with Crippen molar-refractivity contribution in [2.75, 3.05) is 0 Å². The minimum Gasteiger partial charge on any atom is -0.507 e. The van der Waals surface area contributed by atoms with E-state index in [2.05, 4.69) is 0 Å². The number of phenols is 1. The summed E-state index contributed by atoms with van der Waals surface area (Å²) in [7, 11) is 0. The molecule has 0 aliphatic heterocycles. The van der Waals surface area contributed by atoms with Crippen molar-refractivity contribution >= 4 is 46.4 Å². The maximum absolute atomic E-state index is 10.0. The van der Waals surface area contributed by atoms with Gasteiger partial charge in [0.05, 0.1) is 0 Å². The number of phenolic OH excluding ortho intramolecular Hbond substituents is 1. The SMILES string of the molecule is Oc1ccc(Cl)cc1/C=N/P(=S)(c1ccccc1)c1ccccc1. The second-order valence-corrected chi connectivity index (χ2v) is 9.63. The van der Waals surface area contributed by atoms with Gasteiger partial charge in [-0.15, -0.1) is 0 Å². The molecule has 24 heavy (non-hydrogen) atoms. The van der Waals surface area contributed by atoms with Crippen LogP contribution in [0.3, 0.4) is 0 Å². The molecule has 1 N–H and O–H groups in total. The fourth-order valence-corrected chi connectivity index (χ4v) is 5.37. The van der Waals surface area contributed by atoms with E-state index in [1.165, 1.54) is 0 Å². The molecule has 0 saturated heterocycles. The molecule has 5 heteroatoms. The van der Waals surface area contributed by atoms with Crippen LogP contribution < -0.4 is 10.6 Å². The molecule has 0 atom stereocenters. The van der Waals surface area contributed by atoms with Crippen LogP contribution in [0.2, 0.25) is 5.02 Å². The first-order valence-electron chi connectivity index (χ1n) is 7.35. The normalized spacial score (nSPS) is 11.7. The van der Waals surface area contributed by atoms with Gasteiger partial charge in [-0.2, -0.15) is 0 Å². The van der Waals surface area contributed by atoms with Gasteiger partial charge in [-0.05, 0) is 18.2 Å². The standard InChI is InChI=1S/C19H15ClNOPS/c20-16-11-12-19(22)15(13-16)14-21-23(24,17-7-3-1-4-8-17)18-9-5-2-6-10-18/h1-14,22H/b21-14+. The fraction of sp³-hybridized carbons (Fsp3) is 0. The van der Waals surface area contributed by atoms with Crippen LogP contribution in [0.25, 0.3) is 0 Å². The van der Waals surface area contributed by atoms with Gasteiger partial charge in [0.1, 0.15) is 11.9 Å². The van der Waals surface area contributed by atoms with Gasteiger partial charge in [0.2, 0.25) is 0 Å². The van der Waals surface area contributed by atoms with E-state index < -0.39 is 6.19 Å². The van der Waals surface area contributed by atoms with Crippen molar-refractivity contribution in [3.05, 3.63) is 89.4 Å². The summed E-state index contributed by atoms with van der Waals surface area (Å²) in [5.74, 6) is 0.130. The van der Waals surface area contributed by atoms with Crippen molar-refractivity contribution < 1.29 is 5.11 Å². The summed E-state index contributed by atoms with van der Waals surface area (Å²) in [6.07, 6.45) is -0.749. The fourth-order valence-electron chi connectivity index (χ4n) is 2.31. The third-order valence-electron chi connectivity index (χ3n) is 3.56. The highest BCUT2D eigenvalue weighted by molar-refractivity contribution is 8.21. The Morgan fingerprint density at radius 3 is 1.96 bits per heavy atom. The van der Waals surface area contributed by atoms with Gasteiger partial charge in [0.15, 0.2) is 0 Å². The van der Waals surface area contributed by atoms with Gasteiger partial charge in [-0.1, -0.05) is 84.1 Å². The van der Waals surface area contributed by atoms with Crippen molar-refractivity contribution in [1.82, 2.24) is 0 Å². The van der Waals surface area contributed by atoms with E-state index >= 15 is 0 Å². The lowest BCUT2D eigenvalue weighted by molar-refractivity contribution is 0.474. The molecule has 0 bridgehead atoms. The number of aromatic hydroxyl groups is 1. The molecule has 0 fully saturated rings. The van der Waals surface area contributed by atoms with Crippen molar-refractivity contribution in [3.8, 4) is 5.75 Å². The lowest BCUT2D eigenvalue weighted by Gasteiger charge is -2.18. The molecule has 3 aromatic carbocycles. The van der Waals surface area contributed by atoms with E-state index in [4.69, 9.17) is 28.2 Å². The number of nitrogens with zero attached hydrogens (tertiary/aromatic N) is 1. The van der Waals surface area contributed by atoms with Crippen molar-refractivity contribution in [2.24, 2.45) is 4.76 Å². The Morgan fingerprint density at radius 1 is 0.875 bits per heavy atom. The van der Waals surface area contributed by atoms with Gasteiger partial charge in [0, 0.05) is 27.4 Å². The molecule has 3 rings (SSSR count). The van der Waals surface area contributed by atoms with Gasteiger partial charge in [-0.3, -0.25) is 4.76 Å². The lowest BCUT2D eigenvalue weighted by atomic mass is 10.2. The smallest absolute Gasteiger partial charge is 0.124 e. The Balaban J connectivity index is 2.11. The minimum atomic E-state index is -2.38. The summed E-state index contributed by atoms with van der Waals surface area (Å²) in [5, 5.41) is 12.6. The maximum Gasteiger partial charge on any atom is 0.124 e. The zero-order valence-corrected chi connectivity index (χ0v) is 15.2. The van der Waals surface area contributed by atoms with Crippen LogP contribution in [-0.2, 0) is 11.8 Å². The van der Waals surface area contributed by atoms with Crippen LogP contribution in [-0.4, -0.2) is 11.3 Å². The molecular formula is C19H15ClNOPS. The first-order chi connectivity index (χ1) is 11.6. The molecule has 0 saturated carbocycles. The quantitative estimate of drug-likeness (QED) is 0.540. The van der Waals surface area contributed by atoms with Crippen molar-refractivity contribution in [1.29, 1.82) is 0 Å². The average molecular weight is 372 g/mol. The first kappa shape index (κ1) is 16.9. The largest absolute Gasteiger partial charge is 0.507 e. The van der Waals surface area contributed by atoms with E-state index in [-0.39, 0.29) is 5.75 Å². The molecule has 0 aliphatic rings. The maximum atomic E-state index is 10.0. The Kier molecular flexibility index (Phi) is 5.15. The van der Waals surface area contributed by atoms with Crippen LogP contribution in [0.15, 0.2) is 83.6 Å². The molecule has 0 aromatic heterocycles. The molecule has 120 valence electrons. The van der Waals surface area contributed by atoms with Crippen LogP contribution >= 0.6 is 17.8 Å². The molecule has 0 aliphatic carbocycles. The number of hydrogen-bond donors (Lipinski definition) is 1. The zero-order valence-electron chi connectivity index (χ0n) is 12.7. The number of benzene rings is 3. The lowest BCUT2D eigenvalue weighted by Crippen LogP contribution is -2.14.